The Bertz CT molecular complexity index is 177. The van der Waals surface area contributed by atoms with Crippen LogP contribution >= 0.6 is 0 Å². The molecule has 0 aromatic carbocycles. The van der Waals surface area contributed by atoms with E-state index in [4.69, 9.17) is 0 Å². The normalized spacial score (nSPS) is 16.1. The molecular formula is C7H9F7. The van der Waals surface area contributed by atoms with Crippen LogP contribution in [0.2, 0.25) is 0 Å². The maximum Gasteiger partial charge on any atom is 0.290 e. The predicted molar refractivity (Wildman–Crippen MR) is 35.7 cm³/mol. The number of hydrogen-bond acceptors (Lipinski definition) is 0. The summed E-state index contributed by atoms with van der Waals surface area (Å²) in [7, 11) is 0. The van der Waals surface area contributed by atoms with Gasteiger partial charge in [0.2, 0.25) is 6.17 Å². The summed E-state index contributed by atoms with van der Waals surface area (Å²) in [6.45, 7) is 0.908. The zero-order valence-electron chi connectivity index (χ0n) is 7.21. The summed E-state index contributed by atoms with van der Waals surface area (Å²) in [5, 5.41) is 0. The van der Waals surface area contributed by atoms with Crippen molar-refractivity contribution in [2.75, 3.05) is 0 Å². The SMILES string of the molecule is CCC(F)(F)CC(F)(F)[C@@H](F)C(F)F. The van der Waals surface area contributed by atoms with Gasteiger partial charge < -0.3 is 0 Å². The molecule has 0 aromatic rings. The van der Waals surface area contributed by atoms with E-state index in [1.807, 2.05) is 0 Å². The smallest absolute Gasteiger partial charge is 0.234 e. The zero-order valence-corrected chi connectivity index (χ0v) is 7.21. The molecule has 0 bridgehead atoms. The van der Waals surface area contributed by atoms with Gasteiger partial charge in [0.25, 0.3) is 18.3 Å². The van der Waals surface area contributed by atoms with Crippen molar-refractivity contribution in [3.63, 3.8) is 0 Å². The Kier molecular flexibility index (Phi) is 4.20. The number of rotatable bonds is 5. The molecule has 0 aromatic heterocycles. The summed E-state index contributed by atoms with van der Waals surface area (Å²) in [5.74, 6) is -8.53. The number of alkyl halides is 7. The van der Waals surface area contributed by atoms with Crippen molar-refractivity contribution in [1.29, 1.82) is 0 Å². The third kappa shape index (κ3) is 3.71. The molecule has 14 heavy (non-hydrogen) atoms. The Morgan fingerprint density at radius 2 is 1.43 bits per heavy atom. The lowest BCUT2D eigenvalue weighted by atomic mass is 10.0. The van der Waals surface area contributed by atoms with Gasteiger partial charge in [-0.2, -0.15) is 0 Å². The molecule has 0 heterocycles. The van der Waals surface area contributed by atoms with E-state index in [0.29, 0.717) is 0 Å². The molecule has 0 amide bonds. The molecule has 0 N–H and O–H groups in total. The number of hydrogen-bond donors (Lipinski definition) is 0. The average Bonchev–Trinajstić information content (AvgIpc) is 2.01. The molecule has 0 nitrogen and oxygen atoms in total. The maximum atomic E-state index is 12.4. The molecule has 0 fully saturated rings. The summed E-state index contributed by atoms with van der Waals surface area (Å²) in [4.78, 5) is 0. The first-order valence-corrected chi connectivity index (χ1v) is 3.80. The van der Waals surface area contributed by atoms with Gasteiger partial charge in [-0.1, -0.05) is 6.92 Å². The highest BCUT2D eigenvalue weighted by Crippen LogP contribution is 2.37. The second kappa shape index (κ2) is 4.35. The van der Waals surface area contributed by atoms with Crippen LogP contribution in [0.25, 0.3) is 0 Å². The fourth-order valence-electron chi connectivity index (χ4n) is 0.752. The molecule has 0 aliphatic carbocycles. The van der Waals surface area contributed by atoms with Crippen molar-refractivity contribution in [3.8, 4) is 0 Å². The van der Waals surface area contributed by atoms with Gasteiger partial charge in [-0.25, -0.2) is 30.7 Å². The van der Waals surface area contributed by atoms with E-state index in [1.165, 1.54) is 0 Å². The lowest BCUT2D eigenvalue weighted by Gasteiger charge is -2.24. The second-order valence-electron chi connectivity index (χ2n) is 2.88. The first kappa shape index (κ1) is 13.5. The van der Waals surface area contributed by atoms with Gasteiger partial charge in [0.05, 0.1) is 6.42 Å². The van der Waals surface area contributed by atoms with Crippen molar-refractivity contribution in [2.24, 2.45) is 0 Å². The molecule has 0 unspecified atom stereocenters. The van der Waals surface area contributed by atoms with E-state index in [1.54, 1.807) is 0 Å². The Morgan fingerprint density at radius 1 is 1.00 bits per heavy atom. The zero-order chi connectivity index (χ0) is 11.6. The third-order valence-electron chi connectivity index (χ3n) is 1.64. The summed E-state index contributed by atoms with van der Waals surface area (Å²) >= 11 is 0. The predicted octanol–water partition coefficient (Wildman–Crippen LogP) is 3.66. The van der Waals surface area contributed by atoms with Gasteiger partial charge in [-0.15, -0.1) is 0 Å². The van der Waals surface area contributed by atoms with Crippen molar-refractivity contribution in [3.05, 3.63) is 0 Å². The third-order valence-corrected chi connectivity index (χ3v) is 1.64. The average molecular weight is 226 g/mol. The molecule has 0 aliphatic rings. The molecule has 7 heteroatoms. The van der Waals surface area contributed by atoms with Crippen LogP contribution in [0.5, 0.6) is 0 Å². The van der Waals surface area contributed by atoms with Crippen LogP contribution in [0.3, 0.4) is 0 Å². The van der Waals surface area contributed by atoms with Crippen LogP contribution < -0.4 is 0 Å². The minimum Gasteiger partial charge on any atom is -0.234 e. The first-order chi connectivity index (χ1) is 6.12. The second-order valence-corrected chi connectivity index (χ2v) is 2.88. The van der Waals surface area contributed by atoms with Crippen LogP contribution in [0, 0.1) is 0 Å². The number of halogens is 7. The summed E-state index contributed by atoms with van der Waals surface area (Å²) < 4.78 is 84.7. The molecule has 0 saturated heterocycles. The Hall–Kier alpha value is -0.490. The first-order valence-electron chi connectivity index (χ1n) is 3.80. The van der Waals surface area contributed by atoms with Gasteiger partial charge in [0.15, 0.2) is 0 Å². The van der Waals surface area contributed by atoms with Crippen LogP contribution in [0.1, 0.15) is 19.8 Å². The van der Waals surface area contributed by atoms with E-state index in [0.717, 1.165) is 6.92 Å². The minimum absolute atomic E-state index is 0.908. The van der Waals surface area contributed by atoms with E-state index in [2.05, 4.69) is 0 Å². The van der Waals surface area contributed by atoms with Gasteiger partial charge in [0, 0.05) is 6.42 Å². The van der Waals surface area contributed by atoms with E-state index in [-0.39, 0.29) is 0 Å². The maximum absolute atomic E-state index is 12.4. The van der Waals surface area contributed by atoms with Gasteiger partial charge in [-0.3, -0.25) is 0 Å². The van der Waals surface area contributed by atoms with Crippen LogP contribution in [0.4, 0.5) is 30.7 Å². The minimum atomic E-state index is -4.70. The standard InChI is InChI=1S/C7H9F7/c1-2-6(11,12)3-7(13,14)4(8)5(9)10/h4-5H,2-3H2,1H3/t4-/m0/s1. The molecule has 0 spiro atoms. The van der Waals surface area contributed by atoms with Gasteiger partial charge in [0.1, 0.15) is 0 Å². The van der Waals surface area contributed by atoms with E-state index >= 15 is 0 Å². The van der Waals surface area contributed by atoms with Gasteiger partial charge in [-0.05, 0) is 0 Å². The molecule has 0 rings (SSSR count). The molecule has 1 atom stereocenters. The van der Waals surface area contributed by atoms with E-state index in [9.17, 15) is 30.7 Å². The lowest BCUT2D eigenvalue weighted by molar-refractivity contribution is -0.174. The quantitative estimate of drug-likeness (QED) is 0.627. The Labute approximate surface area is 76.1 Å². The van der Waals surface area contributed by atoms with Crippen molar-refractivity contribution < 1.29 is 30.7 Å². The highest BCUT2D eigenvalue weighted by molar-refractivity contribution is 4.84. The molecule has 86 valence electrons. The van der Waals surface area contributed by atoms with Crippen LogP contribution in [-0.2, 0) is 0 Å². The van der Waals surface area contributed by atoms with E-state index < -0.39 is 37.3 Å². The van der Waals surface area contributed by atoms with Crippen LogP contribution in [0.15, 0.2) is 0 Å². The largest absolute Gasteiger partial charge is 0.290 e. The fourth-order valence-corrected chi connectivity index (χ4v) is 0.752. The summed E-state index contributed by atoms with van der Waals surface area (Å²) in [5.41, 5.74) is 0. The highest BCUT2D eigenvalue weighted by atomic mass is 19.3. The summed E-state index contributed by atoms with van der Waals surface area (Å²) in [6.07, 6.45) is -10.9. The Balaban J connectivity index is 4.48. The van der Waals surface area contributed by atoms with Crippen molar-refractivity contribution in [2.45, 2.75) is 44.2 Å². The van der Waals surface area contributed by atoms with Crippen molar-refractivity contribution in [1.82, 2.24) is 0 Å². The van der Waals surface area contributed by atoms with Crippen LogP contribution in [-0.4, -0.2) is 24.4 Å². The van der Waals surface area contributed by atoms with Crippen molar-refractivity contribution >= 4 is 0 Å². The lowest BCUT2D eigenvalue weighted by Crippen LogP contribution is -2.40. The fraction of sp³-hybridized carbons (Fsp3) is 1.00. The molecular weight excluding hydrogens is 217 g/mol. The molecule has 0 saturated carbocycles. The Morgan fingerprint density at radius 3 is 1.71 bits per heavy atom. The summed E-state index contributed by atoms with van der Waals surface area (Å²) in [6, 6.07) is 0. The van der Waals surface area contributed by atoms with Gasteiger partial charge >= 0.3 is 0 Å². The molecule has 0 aliphatic heterocycles. The highest BCUT2D eigenvalue weighted by Gasteiger charge is 2.51. The topological polar surface area (TPSA) is 0 Å². The molecule has 0 radical (unpaired) electrons. The monoisotopic (exact) mass is 226 g/mol.